The van der Waals surface area contributed by atoms with Gasteiger partial charge in [0, 0.05) is 45.0 Å². The summed E-state index contributed by atoms with van der Waals surface area (Å²) >= 11 is 0.976. The summed E-state index contributed by atoms with van der Waals surface area (Å²) in [6.45, 7) is 7.38. The van der Waals surface area contributed by atoms with Crippen LogP contribution in [0.3, 0.4) is 0 Å². The zero-order valence-corrected chi connectivity index (χ0v) is 19.0. The van der Waals surface area contributed by atoms with Crippen molar-refractivity contribution in [3.05, 3.63) is 40.3 Å². The Hall–Kier alpha value is -2.85. The van der Waals surface area contributed by atoms with Crippen LogP contribution in [-0.4, -0.2) is 88.4 Å². The first kappa shape index (κ1) is 22.3. The van der Waals surface area contributed by atoms with E-state index in [9.17, 15) is 14.4 Å². The van der Waals surface area contributed by atoms with Gasteiger partial charge in [-0.15, -0.1) is 10.2 Å². The Morgan fingerprint density at radius 2 is 1.72 bits per heavy atom. The van der Waals surface area contributed by atoms with Gasteiger partial charge in [0.25, 0.3) is 11.8 Å². The molecular weight excluding hydrogens is 428 g/mol. The zero-order valence-electron chi connectivity index (χ0n) is 18.2. The molecule has 3 amide bonds. The van der Waals surface area contributed by atoms with E-state index >= 15 is 0 Å². The molecule has 1 unspecified atom stereocenters. The Bertz CT molecular complexity index is 958. The molecule has 3 heterocycles. The Morgan fingerprint density at radius 1 is 1.00 bits per heavy atom. The number of likely N-dealkylation sites (N-methyl/N-ethyl adjacent to an activating group) is 1. The maximum atomic E-state index is 13.0. The third kappa shape index (κ3) is 5.13. The first-order chi connectivity index (χ1) is 15.5. The van der Waals surface area contributed by atoms with E-state index in [1.807, 2.05) is 23.1 Å². The molecule has 2 saturated heterocycles. The monoisotopic (exact) mass is 456 g/mol. The summed E-state index contributed by atoms with van der Waals surface area (Å²) in [5.41, 5.74) is 0.651. The van der Waals surface area contributed by atoms with Crippen LogP contribution < -0.4 is 5.32 Å². The van der Waals surface area contributed by atoms with Gasteiger partial charge in [0.2, 0.25) is 15.9 Å². The third-order valence-electron chi connectivity index (χ3n) is 6.02. The number of nitrogens with one attached hydrogen (secondary N) is 1. The highest BCUT2D eigenvalue weighted by molar-refractivity contribution is 7.15. The lowest BCUT2D eigenvalue weighted by molar-refractivity contribution is -0.138. The highest BCUT2D eigenvalue weighted by atomic mass is 32.1. The molecule has 170 valence electrons. The molecule has 2 aliphatic heterocycles. The van der Waals surface area contributed by atoms with Crippen LogP contribution >= 0.6 is 11.3 Å². The number of anilines is 1. The maximum absolute atomic E-state index is 13.0. The molecule has 9 nitrogen and oxygen atoms in total. The van der Waals surface area contributed by atoms with Gasteiger partial charge in [-0.05, 0) is 31.5 Å². The number of nitrogens with zero attached hydrogens (tertiary/aromatic N) is 5. The van der Waals surface area contributed by atoms with E-state index in [4.69, 9.17) is 0 Å². The summed E-state index contributed by atoms with van der Waals surface area (Å²) in [7, 11) is 0. The number of likely N-dealkylation sites (tertiary alicyclic amines) is 1. The molecule has 4 rings (SSSR count). The van der Waals surface area contributed by atoms with E-state index in [-0.39, 0.29) is 27.7 Å². The molecule has 0 spiro atoms. The lowest BCUT2D eigenvalue weighted by atomic mass is 9.96. The van der Waals surface area contributed by atoms with Crippen LogP contribution in [0.2, 0.25) is 0 Å². The smallest absolute Gasteiger partial charge is 0.286 e. The first-order valence-corrected chi connectivity index (χ1v) is 11.9. The van der Waals surface area contributed by atoms with Crippen molar-refractivity contribution in [2.75, 3.05) is 51.1 Å². The lowest BCUT2D eigenvalue weighted by Crippen LogP contribution is -2.52. The minimum Gasteiger partial charge on any atom is -0.340 e. The summed E-state index contributed by atoms with van der Waals surface area (Å²) in [5.74, 6) is -0.715. The fraction of sp³-hybridized carbons (Fsp3) is 0.500. The molecule has 1 aromatic heterocycles. The van der Waals surface area contributed by atoms with Crippen molar-refractivity contribution in [3.8, 4) is 0 Å². The van der Waals surface area contributed by atoms with Gasteiger partial charge in [0.15, 0.2) is 0 Å². The molecule has 32 heavy (non-hydrogen) atoms. The molecule has 0 saturated carbocycles. The molecule has 2 aromatic rings. The van der Waals surface area contributed by atoms with Crippen LogP contribution in [0.25, 0.3) is 0 Å². The Labute approximate surface area is 191 Å². The number of piperidine rings is 1. The molecule has 10 heteroatoms. The van der Waals surface area contributed by atoms with E-state index in [0.29, 0.717) is 18.8 Å². The number of hydrogen-bond acceptors (Lipinski definition) is 7. The quantitative estimate of drug-likeness (QED) is 0.737. The van der Waals surface area contributed by atoms with Crippen molar-refractivity contribution in [1.82, 2.24) is 24.9 Å². The normalized spacial score (nSPS) is 19.6. The molecule has 1 aromatic carbocycles. The SMILES string of the molecule is CCN1CCN(C(=O)C2CCCN(C(=O)c3nnc(C(=O)Nc4ccccc4)s3)C2)CC1. The molecule has 0 aliphatic carbocycles. The summed E-state index contributed by atoms with van der Waals surface area (Å²) in [4.78, 5) is 44.3. The first-order valence-electron chi connectivity index (χ1n) is 11.1. The molecule has 2 aliphatic rings. The van der Waals surface area contributed by atoms with E-state index in [1.165, 1.54) is 0 Å². The highest BCUT2D eigenvalue weighted by Gasteiger charge is 2.33. The number of aromatic nitrogens is 2. The van der Waals surface area contributed by atoms with E-state index in [2.05, 4.69) is 27.3 Å². The van der Waals surface area contributed by atoms with E-state index in [1.54, 1.807) is 17.0 Å². The molecule has 0 radical (unpaired) electrons. The van der Waals surface area contributed by atoms with Crippen molar-refractivity contribution in [2.24, 2.45) is 5.92 Å². The molecule has 2 fully saturated rings. The van der Waals surface area contributed by atoms with Crippen LogP contribution in [0.15, 0.2) is 30.3 Å². The minimum atomic E-state index is -0.398. The Balaban J connectivity index is 1.35. The number of hydrogen-bond donors (Lipinski definition) is 1. The van der Waals surface area contributed by atoms with Crippen molar-refractivity contribution in [1.29, 1.82) is 0 Å². The number of carbonyl (C=O) groups excluding carboxylic acids is 3. The number of carbonyl (C=O) groups is 3. The van der Waals surface area contributed by atoms with Gasteiger partial charge < -0.3 is 20.0 Å². The van der Waals surface area contributed by atoms with Gasteiger partial charge in [0.1, 0.15) is 0 Å². The number of amides is 3. The number of benzene rings is 1. The Kier molecular flexibility index (Phi) is 7.11. The molecule has 0 bridgehead atoms. The van der Waals surface area contributed by atoms with Gasteiger partial charge in [-0.3, -0.25) is 14.4 Å². The van der Waals surface area contributed by atoms with E-state index < -0.39 is 5.91 Å². The van der Waals surface area contributed by atoms with Gasteiger partial charge in [-0.2, -0.15) is 0 Å². The summed E-state index contributed by atoms with van der Waals surface area (Å²) in [6, 6.07) is 9.06. The summed E-state index contributed by atoms with van der Waals surface area (Å²) in [6.07, 6.45) is 1.56. The second-order valence-electron chi connectivity index (χ2n) is 8.08. The van der Waals surface area contributed by atoms with Crippen LogP contribution in [-0.2, 0) is 4.79 Å². The molecule has 1 atom stereocenters. The van der Waals surface area contributed by atoms with Gasteiger partial charge in [-0.1, -0.05) is 36.5 Å². The predicted octanol–water partition coefficient (Wildman–Crippen LogP) is 1.81. The van der Waals surface area contributed by atoms with Gasteiger partial charge in [-0.25, -0.2) is 0 Å². The van der Waals surface area contributed by atoms with Gasteiger partial charge >= 0.3 is 0 Å². The average Bonchev–Trinajstić information content (AvgIpc) is 3.34. The van der Waals surface area contributed by atoms with Crippen molar-refractivity contribution < 1.29 is 14.4 Å². The van der Waals surface area contributed by atoms with Crippen LogP contribution in [0.1, 0.15) is 39.4 Å². The summed E-state index contributed by atoms with van der Waals surface area (Å²) in [5, 5.41) is 10.9. The Morgan fingerprint density at radius 3 is 2.44 bits per heavy atom. The third-order valence-corrected chi connectivity index (χ3v) is 6.93. The lowest BCUT2D eigenvalue weighted by Gasteiger charge is -2.38. The number of rotatable bonds is 5. The number of piperazine rings is 1. The second-order valence-corrected chi connectivity index (χ2v) is 9.06. The van der Waals surface area contributed by atoms with Crippen molar-refractivity contribution >= 4 is 34.7 Å². The van der Waals surface area contributed by atoms with Crippen LogP contribution in [0.5, 0.6) is 0 Å². The standard InChI is InChI=1S/C22H28N6O3S/c1-2-26-11-13-27(14-12-26)21(30)16-7-6-10-28(15-16)22(31)20-25-24-19(32-20)18(29)23-17-8-4-3-5-9-17/h3-5,8-9,16H,2,6-7,10-15H2,1H3,(H,23,29). The molecular formula is C22H28N6O3S. The topological polar surface area (TPSA) is 98.7 Å². The average molecular weight is 457 g/mol. The largest absolute Gasteiger partial charge is 0.340 e. The van der Waals surface area contributed by atoms with Gasteiger partial charge in [0.05, 0.1) is 5.92 Å². The summed E-state index contributed by atoms with van der Waals surface area (Å²) < 4.78 is 0. The van der Waals surface area contributed by atoms with E-state index in [0.717, 1.165) is 56.9 Å². The fourth-order valence-electron chi connectivity index (χ4n) is 4.15. The fourth-order valence-corrected chi connectivity index (χ4v) is 4.86. The predicted molar refractivity (Wildman–Crippen MR) is 122 cm³/mol. The van der Waals surface area contributed by atoms with Crippen LogP contribution in [0, 0.1) is 5.92 Å². The second kappa shape index (κ2) is 10.2. The highest BCUT2D eigenvalue weighted by Crippen LogP contribution is 2.23. The minimum absolute atomic E-state index is 0.135. The van der Waals surface area contributed by atoms with Crippen molar-refractivity contribution in [3.63, 3.8) is 0 Å². The number of para-hydroxylation sites is 1. The zero-order chi connectivity index (χ0) is 22.5. The van der Waals surface area contributed by atoms with Crippen molar-refractivity contribution in [2.45, 2.75) is 19.8 Å². The van der Waals surface area contributed by atoms with Crippen LogP contribution in [0.4, 0.5) is 5.69 Å². The maximum Gasteiger partial charge on any atom is 0.286 e. The molecule has 1 N–H and O–H groups in total.